The molecule has 1 aromatic heterocycles. The molecule has 0 radical (unpaired) electrons. The molecule has 3 rings (SSSR count). The van der Waals surface area contributed by atoms with Crippen molar-refractivity contribution >= 4 is 5.96 Å². The fraction of sp³-hybridized carbons (Fsp3) is 0.800. The van der Waals surface area contributed by atoms with E-state index < -0.39 is 0 Å². The van der Waals surface area contributed by atoms with Gasteiger partial charge in [0.05, 0.1) is 25.6 Å². The number of hydrogen-bond donors (Lipinski definition) is 1. The quantitative estimate of drug-likeness (QED) is 0.605. The van der Waals surface area contributed by atoms with Crippen LogP contribution in [0, 0.1) is 11.8 Å². The van der Waals surface area contributed by atoms with Crippen LogP contribution in [0.5, 0.6) is 0 Å². The van der Waals surface area contributed by atoms with E-state index in [2.05, 4.69) is 51.6 Å². The van der Waals surface area contributed by atoms with Crippen LogP contribution < -0.4 is 5.32 Å². The molecule has 7 heteroatoms. The first-order chi connectivity index (χ1) is 13.2. The maximum atomic E-state index is 5.45. The van der Waals surface area contributed by atoms with Crippen molar-refractivity contribution in [3.8, 4) is 0 Å². The molecule has 1 N–H and O–H groups in total. The monoisotopic (exact) mass is 376 g/mol. The van der Waals surface area contributed by atoms with Gasteiger partial charge in [0, 0.05) is 58.2 Å². The van der Waals surface area contributed by atoms with Gasteiger partial charge in [0.1, 0.15) is 0 Å². The SMILES string of the molecule is CCNC(=NCC(C)CN1CCOCC1)N1CCC(C)C(n2ccnc2)C1. The zero-order chi connectivity index (χ0) is 19.1. The summed E-state index contributed by atoms with van der Waals surface area (Å²) in [4.78, 5) is 14.2. The highest BCUT2D eigenvalue weighted by molar-refractivity contribution is 5.80. The van der Waals surface area contributed by atoms with Gasteiger partial charge >= 0.3 is 0 Å². The van der Waals surface area contributed by atoms with Crippen molar-refractivity contribution in [3.05, 3.63) is 18.7 Å². The predicted molar refractivity (Wildman–Crippen MR) is 109 cm³/mol. The number of guanidine groups is 1. The Kier molecular flexibility index (Phi) is 7.52. The van der Waals surface area contributed by atoms with E-state index in [0.29, 0.717) is 17.9 Å². The molecule has 2 aliphatic rings. The summed E-state index contributed by atoms with van der Waals surface area (Å²) in [5.41, 5.74) is 0. The molecule has 3 atom stereocenters. The highest BCUT2D eigenvalue weighted by atomic mass is 16.5. The Hall–Kier alpha value is -1.60. The highest BCUT2D eigenvalue weighted by Gasteiger charge is 2.29. The van der Waals surface area contributed by atoms with E-state index in [1.807, 2.05) is 12.5 Å². The van der Waals surface area contributed by atoms with Crippen LogP contribution in [0.2, 0.25) is 0 Å². The highest BCUT2D eigenvalue weighted by Crippen LogP contribution is 2.27. The van der Waals surface area contributed by atoms with Crippen LogP contribution in [0.25, 0.3) is 0 Å². The van der Waals surface area contributed by atoms with Crippen LogP contribution in [0.3, 0.4) is 0 Å². The number of piperidine rings is 1. The number of aromatic nitrogens is 2. The van der Waals surface area contributed by atoms with Gasteiger partial charge in [-0.1, -0.05) is 13.8 Å². The van der Waals surface area contributed by atoms with Crippen molar-refractivity contribution < 1.29 is 4.74 Å². The molecule has 0 amide bonds. The number of nitrogens with zero attached hydrogens (tertiary/aromatic N) is 5. The smallest absolute Gasteiger partial charge is 0.193 e. The van der Waals surface area contributed by atoms with Crippen LogP contribution in [-0.4, -0.2) is 84.3 Å². The molecule has 2 fully saturated rings. The van der Waals surface area contributed by atoms with E-state index in [0.717, 1.165) is 65.0 Å². The summed E-state index contributed by atoms with van der Waals surface area (Å²) >= 11 is 0. The third-order valence-corrected chi connectivity index (χ3v) is 5.69. The fourth-order valence-electron chi connectivity index (χ4n) is 4.05. The Morgan fingerprint density at radius 1 is 1.33 bits per heavy atom. The van der Waals surface area contributed by atoms with Crippen molar-refractivity contribution in [2.24, 2.45) is 16.8 Å². The number of imidazole rings is 1. The number of likely N-dealkylation sites (tertiary alicyclic amines) is 1. The molecule has 3 unspecified atom stereocenters. The maximum Gasteiger partial charge on any atom is 0.193 e. The zero-order valence-electron chi connectivity index (χ0n) is 17.2. The Balaban J connectivity index is 1.58. The second-order valence-corrected chi connectivity index (χ2v) is 8.00. The van der Waals surface area contributed by atoms with E-state index in [1.165, 1.54) is 6.42 Å². The van der Waals surface area contributed by atoms with Crippen molar-refractivity contribution in [3.63, 3.8) is 0 Å². The predicted octanol–water partition coefficient (Wildman–Crippen LogP) is 1.70. The molecule has 0 bridgehead atoms. The minimum atomic E-state index is 0.455. The Labute approximate surface area is 163 Å². The van der Waals surface area contributed by atoms with E-state index in [9.17, 15) is 0 Å². The summed E-state index contributed by atoms with van der Waals surface area (Å²) in [5, 5.41) is 3.51. The molecular formula is C20H36N6O. The Bertz CT molecular complexity index is 569. The zero-order valence-corrected chi connectivity index (χ0v) is 17.2. The molecule has 2 aliphatic heterocycles. The van der Waals surface area contributed by atoms with Crippen LogP contribution in [0.15, 0.2) is 23.7 Å². The Morgan fingerprint density at radius 2 is 2.15 bits per heavy atom. The molecule has 1 aromatic rings. The lowest BCUT2D eigenvalue weighted by molar-refractivity contribution is 0.0323. The topological polar surface area (TPSA) is 57.9 Å². The van der Waals surface area contributed by atoms with Crippen LogP contribution >= 0.6 is 0 Å². The van der Waals surface area contributed by atoms with Crippen molar-refractivity contribution in [2.75, 3.05) is 59.0 Å². The first-order valence-electron chi connectivity index (χ1n) is 10.5. The molecule has 0 saturated carbocycles. The minimum absolute atomic E-state index is 0.455. The molecule has 0 spiro atoms. The third kappa shape index (κ3) is 5.69. The second kappa shape index (κ2) is 10.1. The molecular weight excluding hydrogens is 340 g/mol. The summed E-state index contributed by atoms with van der Waals surface area (Å²) in [6.45, 7) is 15.5. The lowest BCUT2D eigenvalue weighted by atomic mass is 9.93. The van der Waals surface area contributed by atoms with Gasteiger partial charge in [-0.05, 0) is 25.2 Å². The molecule has 2 saturated heterocycles. The van der Waals surface area contributed by atoms with Crippen LogP contribution in [-0.2, 0) is 4.74 Å². The molecule has 7 nitrogen and oxygen atoms in total. The average molecular weight is 377 g/mol. The van der Waals surface area contributed by atoms with Gasteiger partial charge in [-0.3, -0.25) is 9.89 Å². The molecule has 0 aliphatic carbocycles. The number of ether oxygens (including phenoxy) is 1. The maximum absolute atomic E-state index is 5.45. The number of hydrogen-bond acceptors (Lipinski definition) is 4. The van der Waals surface area contributed by atoms with Crippen molar-refractivity contribution in [2.45, 2.75) is 33.2 Å². The van der Waals surface area contributed by atoms with E-state index in [1.54, 1.807) is 0 Å². The van der Waals surface area contributed by atoms with Gasteiger partial charge in [-0.25, -0.2) is 4.98 Å². The molecule has 152 valence electrons. The number of nitrogens with one attached hydrogen (secondary N) is 1. The third-order valence-electron chi connectivity index (χ3n) is 5.69. The molecule has 3 heterocycles. The average Bonchev–Trinajstić information content (AvgIpc) is 3.21. The molecule has 0 aromatic carbocycles. The van der Waals surface area contributed by atoms with Gasteiger partial charge in [-0.2, -0.15) is 0 Å². The lowest BCUT2D eigenvalue weighted by Gasteiger charge is -2.39. The van der Waals surface area contributed by atoms with Gasteiger partial charge in [0.25, 0.3) is 0 Å². The van der Waals surface area contributed by atoms with E-state index in [-0.39, 0.29) is 0 Å². The largest absolute Gasteiger partial charge is 0.379 e. The van der Waals surface area contributed by atoms with Gasteiger partial charge < -0.3 is 19.5 Å². The van der Waals surface area contributed by atoms with Gasteiger partial charge in [-0.15, -0.1) is 0 Å². The summed E-state index contributed by atoms with van der Waals surface area (Å²) in [6, 6.07) is 0.455. The van der Waals surface area contributed by atoms with Crippen LogP contribution in [0.4, 0.5) is 0 Å². The van der Waals surface area contributed by atoms with E-state index >= 15 is 0 Å². The van der Waals surface area contributed by atoms with Gasteiger partial charge in [0.15, 0.2) is 5.96 Å². The lowest BCUT2D eigenvalue weighted by Crippen LogP contribution is -2.49. The Morgan fingerprint density at radius 3 is 2.85 bits per heavy atom. The summed E-state index contributed by atoms with van der Waals surface area (Å²) in [6.07, 6.45) is 7.08. The first kappa shape index (κ1) is 20.1. The standard InChI is InChI=1S/C20H36N6O/c1-4-22-20(23-13-17(2)14-24-9-11-27-12-10-24)25-7-5-18(3)19(15-25)26-8-6-21-16-26/h6,8,16-19H,4-5,7,9-15H2,1-3H3,(H,22,23). The number of rotatable bonds is 6. The van der Waals surface area contributed by atoms with Crippen molar-refractivity contribution in [1.29, 1.82) is 0 Å². The van der Waals surface area contributed by atoms with E-state index in [4.69, 9.17) is 9.73 Å². The summed E-state index contributed by atoms with van der Waals surface area (Å²) < 4.78 is 7.70. The summed E-state index contributed by atoms with van der Waals surface area (Å²) in [5.74, 6) is 2.26. The molecule has 27 heavy (non-hydrogen) atoms. The van der Waals surface area contributed by atoms with Crippen molar-refractivity contribution in [1.82, 2.24) is 24.7 Å². The normalized spacial score (nSPS) is 26.2. The number of aliphatic imine (C=N–C) groups is 1. The minimum Gasteiger partial charge on any atom is -0.379 e. The fourth-order valence-corrected chi connectivity index (χ4v) is 4.05. The first-order valence-corrected chi connectivity index (χ1v) is 10.5. The number of morpholine rings is 1. The second-order valence-electron chi connectivity index (χ2n) is 8.00. The summed E-state index contributed by atoms with van der Waals surface area (Å²) in [7, 11) is 0. The van der Waals surface area contributed by atoms with Gasteiger partial charge in [0.2, 0.25) is 0 Å². The van der Waals surface area contributed by atoms with Crippen LogP contribution in [0.1, 0.15) is 33.2 Å².